The van der Waals surface area contributed by atoms with Crippen LogP contribution in [0.15, 0.2) is 35.6 Å². The van der Waals surface area contributed by atoms with Gasteiger partial charge in [-0.2, -0.15) is 0 Å². The van der Waals surface area contributed by atoms with Crippen molar-refractivity contribution in [2.45, 2.75) is 27.7 Å². The zero-order valence-corrected chi connectivity index (χ0v) is 8.39. The van der Waals surface area contributed by atoms with Crippen LogP contribution in [0.1, 0.15) is 27.7 Å². The van der Waals surface area contributed by atoms with E-state index in [4.69, 9.17) is 0 Å². The summed E-state index contributed by atoms with van der Waals surface area (Å²) in [6.07, 6.45) is 3.69. The Bertz CT molecular complexity index is 219. The van der Waals surface area contributed by atoms with Gasteiger partial charge in [0.05, 0.1) is 0 Å². The maximum absolute atomic E-state index is 9.58. The van der Waals surface area contributed by atoms with Crippen LogP contribution in [0.4, 0.5) is 0 Å². The number of aliphatic hydroxyl groups excluding tert-OH is 1. The Balaban J connectivity index is 4.70. The molecule has 0 fully saturated rings. The topological polar surface area (TPSA) is 20.2 Å². The van der Waals surface area contributed by atoms with Crippen LogP contribution < -0.4 is 0 Å². The van der Waals surface area contributed by atoms with Gasteiger partial charge in [0.2, 0.25) is 0 Å². The molecule has 0 aromatic rings. The molecule has 0 spiro atoms. The average molecular weight is 166 g/mol. The summed E-state index contributed by atoms with van der Waals surface area (Å²) in [4.78, 5) is 0. The SMILES string of the molecule is C=C/C(C)=C(O)\C(C)=C/C(C)C. The second-order valence-corrected chi connectivity index (χ2v) is 3.33. The smallest absolute Gasteiger partial charge is 0.121 e. The van der Waals surface area contributed by atoms with Crippen molar-refractivity contribution in [2.24, 2.45) is 5.92 Å². The van der Waals surface area contributed by atoms with Gasteiger partial charge in [-0.3, -0.25) is 0 Å². The Labute approximate surface area is 75.1 Å². The Morgan fingerprint density at radius 3 is 2.17 bits per heavy atom. The van der Waals surface area contributed by atoms with Crippen LogP contribution in [0.2, 0.25) is 0 Å². The maximum Gasteiger partial charge on any atom is 0.121 e. The number of aliphatic hydroxyl groups is 1. The van der Waals surface area contributed by atoms with Crippen LogP contribution in [-0.4, -0.2) is 5.11 Å². The number of allylic oxidation sites excluding steroid dienone is 4. The molecule has 0 heterocycles. The summed E-state index contributed by atoms with van der Waals surface area (Å²) >= 11 is 0. The van der Waals surface area contributed by atoms with E-state index in [9.17, 15) is 5.11 Å². The highest BCUT2D eigenvalue weighted by Crippen LogP contribution is 2.13. The van der Waals surface area contributed by atoms with E-state index >= 15 is 0 Å². The normalized spacial score (nSPS) is 14.6. The van der Waals surface area contributed by atoms with Crippen molar-refractivity contribution in [3.05, 3.63) is 35.6 Å². The minimum absolute atomic E-state index is 0.346. The van der Waals surface area contributed by atoms with E-state index in [0.29, 0.717) is 11.7 Å². The Hall–Kier alpha value is -0.980. The van der Waals surface area contributed by atoms with E-state index in [1.807, 2.05) is 19.9 Å². The van der Waals surface area contributed by atoms with Crippen LogP contribution in [0, 0.1) is 5.92 Å². The van der Waals surface area contributed by atoms with Crippen LogP contribution in [0.5, 0.6) is 0 Å². The third kappa shape index (κ3) is 3.42. The molecular formula is C11H18O. The fraction of sp³-hybridized carbons (Fsp3) is 0.455. The molecular weight excluding hydrogens is 148 g/mol. The lowest BCUT2D eigenvalue weighted by Crippen LogP contribution is -1.90. The van der Waals surface area contributed by atoms with Crippen molar-refractivity contribution in [2.75, 3.05) is 0 Å². The summed E-state index contributed by atoms with van der Waals surface area (Å²) < 4.78 is 0. The van der Waals surface area contributed by atoms with Crippen molar-refractivity contribution in [3.8, 4) is 0 Å². The summed E-state index contributed by atoms with van der Waals surface area (Å²) in [6.45, 7) is 11.5. The highest BCUT2D eigenvalue weighted by atomic mass is 16.3. The highest BCUT2D eigenvalue weighted by Gasteiger charge is 2.00. The van der Waals surface area contributed by atoms with Crippen molar-refractivity contribution in [1.82, 2.24) is 0 Å². The lowest BCUT2D eigenvalue weighted by atomic mass is 10.1. The van der Waals surface area contributed by atoms with E-state index in [0.717, 1.165) is 11.1 Å². The zero-order chi connectivity index (χ0) is 9.72. The average Bonchev–Trinajstić information content (AvgIpc) is 2.00. The molecule has 1 N–H and O–H groups in total. The molecule has 0 radical (unpaired) electrons. The summed E-state index contributed by atoms with van der Waals surface area (Å²) in [6, 6.07) is 0. The largest absolute Gasteiger partial charge is 0.507 e. The summed E-state index contributed by atoms with van der Waals surface area (Å²) in [5, 5.41) is 9.58. The molecule has 0 rings (SSSR count). The molecule has 1 heteroatoms. The van der Waals surface area contributed by atoms with Crippen LogP contribution >= 0.6 is 0 Å². The van der Waals surface area contributed by atoms with Crippen molar-refractivity contribution < 1.29 is 5.11 Å². The van der Waals surface area contributed by atoms with E-state index in [-0.39, 0.29) is 0 Å². The fourth-order valence-electron chi connectivity index (χ4n) is 0.987. The second-order valence-electron chi connectivity index (χ2n) is 3.33. The van der Waals surface area contributed by atoms with Gasteiger partial charge in [-0.15, -0.1) is 0 Å². The molecule has 0 aromatic carbocycles. The standard InChI is InChI=1S/C11H18O/c1-6-9(4)11(12)10(5)7-8(2)3/h6-8,12H,1H2,2-5H3/b10-7-,11-9+. The number of rotatable bonds is 3. The van der Waals surface area contributed by atoms with Crippen LogP contribution in [-0.2, 0) is 0 Å². The quantitative estimate of drug-likeness (QED) is 0.501. The highest BCUT2D eigenvalue weighted by molar-refractivity contribution is 5.32. The molecule has 0 bridgehead atoms. The first kappa shape index (κ1) is 11.0. The summed E-state index contributed by atoms with van der Waals surface area (Å²) in [5.74, 6) is 0.809. The van der Waals surface area contributed by atoms with Crippen molar-refractivity contribution in [3.63, 3.8) is 0 Å². The van der Waals surface area contributed by atoms with Gasteiger partial charge in [-0.05, 0) is 30.9 Å². The van der Waals surface area contributed by atoms with E-state index < -0.39 is 0 Å². The predicted octanol–water partition coefficient (Wildman–Crippen LogP) is 3.61. The molecule has 0 aliphatic rings. The monoisotopic (exact) mass is 166 g/mol. The Morgan fingerprint density at radius 2 is 1.83 bits per heavy atom. The van der Waals surface area contributed by atoms with E-state index in [2.05, 4.69) is 20.4 Å². The van der Waals surface area contributed by atoms with Crippen LogP contribution in [0.3, 0.4) is 0 Å². The maximum atomic E-state index is 9.58. The van der Waals surface area contributed by atoms with Gasteiger partial charge in [0.1, 0.15) is 5.76 Å². The van der Waals surface area contributed by atoms with Gasteiger partial charge in [0, 0.05) is 0 Å². The predicted molar refractivity (Wildman–Crippen MR) is 54.1 cm³/mol. The van der Waals surface area contributed by atoms with Gasteiger partial charge in [0.25, 0.3) is 0 Å². The van der Waals surface area contributed by atoms with Gasteiger partial charge in [-0.25, -0.2) is 0 Å². The molecule has 0 aliphatic heterocycles. The van der Waals surface area contributed by atoms with E-state index in [1.54, 1.807) is 6.08 Å². The number of hydrogen-bond acceptors (Lipinski definition) is 1. The minimum atomic E-state index is 0.346. The lowest BCUT2D eigenvalue weighted by molar-refractivity contribution is 0.417. The van der Waals surface area contributed by atoms with Crippen LogP contribution in [0.25, 0.3) is 0 Å². The molecule has 12 heavy (non-hydrogen) atoms. The number of hydrogen-bond donors (Lipinski definition) is 1. The van der Waals surface area contributed by atoms with Gasteiger partial charge in [0.15, 0.2) is 0 Å². The molecule has 1 nitrogen and oxygen atoms in total. The minimum Gasteiger partial charge on any atom is -0.507 e. The molecule has 0 saturated heterocycles. The fourth-order valence-corrected chi connectivity index (χ4v) is 0.987. The Kier molecular flexibility index (Phi) is 4.42. The molecule has 0 aliphatic carbocycles. The lowest BCUT2D eigenvalue weighted by Gasteiger charge is -2.04. The molecule has 0 saturated carbocycles. The van der Waals surface area contributed by atoms with Crippen molar-refractivity contribution >= 4 is 0 Å². The Morgan fingerprint density at radius 1 is 1.33 bits per heavy atom. The summed E-state index contributed by atoms with van der Waals surface area (Å²) in [7, 11) is 0. The molecule has 68 valence electrons. The second kappa shape index (κ2) is 4.81. The van der Waals surface area contributed by atoms with Gasteiger partial charge in [-0.1, -0.05) is 32.6 Å². The van der Waals surface area contributed by atoms with Gasteiger partial charge >= 0.3 is 0 Å². The summed E-state index contributed by atoms with van der Waals surface area (Å²) in [5.41, 5.74) is 1.74. The molecule has 0 atom stereocenters. The van der Waals surface area contributed by atoms with Crippen molar-refractivity contribution in [1.29, 1.82) is 0 Å². The van der Waals surface area contributed by atoms with Gasteiger partial charge < -0.3 is 5.11 Å². The first-order valence-electron chi connectivity index (χ1n) is 4.20. The third-order valence-corrected chi connectivity index (χ3v) is 1.64. The first-order valence-corrected chi connectivity index (χ1v) is 4.20. The zero-order valence-electron chi connectivity index (χ0n) is 8.39. The third-order valence-electron chi connectivity index (χ3n) is 1.64. The molecule has 0 aromatic heterocycles. The van der Waals surface area contributed by atoms with E-state index in [1.165, 1.54) is 0 Å². The first-order chi connectivity index (χ1) is 5.49. The molecule has 0 unspecified atom stereocenters. The molecule has 0 amide bonds.